The van der Waals surface area contributed by atoms with Crippen LogP contribution in [0.3, 0.4) is 0 Å². The van der Waals surface area contributed by atoms with Gasteiger partial charge in [0.15, 0.2) is 0 Å². The van der Waals surface area contributed by atoms with E-state index in [1.54, 1.807) is 6.20 Å². The van der Waals surface area contributed by atoms with Crippen LogP contribution in [0.25, 0.3) is 10.9 Å². The minimum absolute atomic E-state index is 0.688. The van der Waals surface area contributed by atoms with Gasteiger partial charge in [-0.3, -0.25) is 14.9 Å². The van der Waals surface area contributed by atoms with Crippen molar-refractivity contribution in [2.45, 2.75) is 13.5 Å². The molecule has 0 spiro atoms. The van der Waals surface area contributed by atoms with Gasteiger partial charge in [-0.05, 0) is 30.7 Å². The van der Waals surface area contributed by atoms with Crippen molar-refractivity contribution in [1.82, 2.24) is 14.9 Å². The SMILES string of the molecule is Cc1cccc2c(N3CCN(Cc4ccc(Cl)cn4)CC3)ccnc12. The first-order valence-corrected chi connectivity index (χ1v) is 9.00. The van der Waals surface area contributed by atoms with Crippen LogP contribution in [0.4, 0.5) is 5.69 Å². The smallest absolute Gasteiger partial charge is 0.0751 e. The van der Waals surface area contributed by atoms with Crippen molar-refractivity contribution >= 4 is 28.2 Å². The van der Waals surface area contributed by atoms with Gasteiger partial charge in [0.05, 0.1) is 16.2 Å². The Morgan fingerprint density at radius 2 is 1.84 bits per heavy atom. The van der Waals surface area contributed by atoms with E-state index in [2.05, 4.69) is 51.0 Å². The van der Waals surface area contributed by atoms with Crippen LogP contribution in [0.15, 0.2) is 48.8 Å². The highest BCUT2D eigenvalue weighted by atomic mass is 35.5. The molecule has 1 fully saturated rings. The van der Waals surface area contributed by atoms with Crippen molar-refractivity contribution in [1.29, 1.82) is 0 Å². The second-order valence-corrected chi connectivity index (χ2v) is 6.97. The quantitative estimate of drug-likeness (QED) is 0.715. The lowest BCUT2D eigenvalue weighted by molar-refractivity contribution is 0.247. The normalized spacial score (nSPS) is 15.7. The van der Waals surface area contributed by atoms with Crippen LogP contribution in [-0.2, 0) is 6.54 Å². The van der Waals surface area contributed by atoms with Crippen LogP contribution in [-0.4, -0.2) is 41.0 Å². The number of fused-ring (bicyclic) bond motifs is 1. The first-order chi connectivity index (χ1) is 12.2. The third-order valence-electron chi connectivity index (χ3n) is 4.84. The van der Waals surface area contributed by atoms with Crippen LogP contribution in [0.2, 0.25) is 5.02 Å². The molecule has 5 heteroatoms. The average molecular weight is 353 g/mol. The summed E-state index contributed by atoms with van der Waals surface area (Å²) in [5.74, 6) is 0. The molecule has 25 heavy (non-hydrogen) atoms. The van der Waals surface area contributed by atoms with Gasteiger partial charge in [-0.2, -0.15) is 0 Å². The minimum atomic E-state index is 0.688. The fraction of sp³-hybridized carbons (Fsp3) is 0.300. The number of aryl methyl sites for hydroxylation is 1. The number of anilines is 1. The summed E-state index contributed by atoms with van der Waals surface area (Å²) < 4.78 is 0. The number of benzene rings is 1. The van der Waals surface area contributed by atoms with Crippen molar-refractivity contribution in [3.63, 3.8) is 0 Å². The molecule has 3 heterocycles. The number of piperazine rings is 1. The van der Waals surface area contributed by atoms with E-state index in [1.165, 1.54) is 16.6 Å². The molecule has 1 aromatic carbocycles. The summed E-state index contributed by atoms with van der Waals surface area (Å²) in [4.78, 5) is 13.9. The third-order valence-corrected chi connectivity index (χ3v) is 5.06. The number of para-hydroxylation sites is 1. The summed E-state index contributed by atoms with van der Waals surface area (Å²) in [5, 5.41) is 1.93. The highest BCUT2D eigenvalue weighted by Crippen LogP contribution is 2.28. The van der Waals surface area contributed by atoms with Gasteiger partial charge >= 0.3 is 0 Å². The number of halogens is 1. The molecule has 0 bridgehead atoms. The first kappa shape index (κ1) is 16.3. The molecule has 0 aliphatic carbocycles. The molecule has 128 valence electrons. The molecule has 3 aromatic rings. The largest absolute Gasteiger partial charge is 0.368 e. The van der Waals surface area contributed by atoms with Gasteiger partial charge in [-0.25, -0.2) is 0 Å². The molecule has 4 rings (SSSR count). The zero-order valence-corrected chi connectivity index (χ0v) is 15.1. The zero-order chi connectivity index (χ0) is 17.2. The number of nitrogens with zero attached hydrogens (tertiary/aromatic N) is 4. The molecule has 0 saturated carbocycles. The Labute approximate surface area is 153 Å². The van der Waals surface area contributed by atoms with Gasteiger partial charge in [-0.15, -0.1) is 0 Å². The molecular formula is C20H21ClN4. The second-order valence-electron chi connectivity index (χ2n) is 6.53. The molecule has 4 nitrogen and oxygen atoms in total. The Hall–Kier alpha value is -2.17. The number of aromatic nitrogens is 2. The van der Waals surface area contributed by atoms with Crippen molar-refractivity contribution in [3.8, 4) is 0 Å². The molecule has 1 saturated heterocycles. The number of rotatable bonds is 3. The maximum absolute atomic E-state index is 5.91. The van der Waals surface area contributed by atoms with Gasteiger partial charge in [0.1, 0.15) is 0 Å². The summed E-state index contributed by atoms with van der Waals surface area (Å²) in [5.41, 5.74) is 4.69. The minimum Gasteiger partial charge on any atom is -0.368 e. The lowest BCUT2D eigenvalue weighted by Gasteiger charge is -2.36. The summed E-state index contributed by atoms with van der Waals surface area (Å²) in [6, 6.07) is 12.5. The predicted octanol–water partition coefficient (Wildman–Crippen LogP) is 3.91. The van der Waals surface area contributed by atoms with E-state index in [4.69, 9.17) is 11.6 Å². The van der Waals surface area contributed by atoms with Crippen LogP contribution >= 0.6 is 11.6 Å². The first-order valence-electron chi connectivity index (χ1n) is 8.63. The summed E-state index contributed by atoms with van der Waals surface area (Å²) in [6.07, 6.45) is 3.65. The lowest BCUT2D eigenvalue weighted by atomic mass is 10.1. The Bertz CT molecular complexity index is 871. The van der Waals surface area contributed by atoms with Gasteiger partial charge in [0, 0.05) is 56.2 Å². The van der Waals surface area contributed by atoms with Crippen LogP contribution in [0, 0.1) is 6.92 Å². The molecule has 0 amide bonds. The summed E-state index contributed by atoms with van der Waals surface area (Å²) in [6.45, 7) is 7.08. The highest BCUT2D eigenvalue weighted by Gasteiger charge is 2.19. The molecule has 0 atom stereocenters. The van der Waals surface area contributed by atoms with E-state index in [1.807, 2.05) is 18.3 Å². The van der Waals surface area contributed by atoms with E-state index in [9.17, 15) is 0 Å². The molecular weight excluding hydrogens is 332 g/mol. The van der Waals surface area contributed by atoms with Crippen molar-refractivity contribution in [2.75, 3.05) is 31.1 Å². The number of hydrogen-bond donors (Lipinski definition) is 0. The van der Waals surface area contributed by atoms with E-state index in [0.717, 1.165) is 43.9 Å². The molecule has 0 N–H and O–H groups in total. The standard InChI is InChI=1S/C20H21ClN4/c1-15-3-2-4-18-19(7-8-22-20(15)18)25-11-9-24(10-12-25)14-17-6-5-16(21)13-23-17/h2-8,13H,9-12,14H2,1H3. The van der Waals surface area contributed by atoms with Crippen LogP contribution < -0.4 is 4.90 Å². The van der Waals surface area contributed by atoms with Crippen molar-refractivity contribution < 1.29 is 0 Å². The lowest BCUT2D eigenvalue weighted by Crippen LogP contribution is -2.46. The fourth-order valence-electron chi connectivity index (χ4n) is 3.46. The van der Waals surface area contributed by atoms with Crippen molar-refractivity contribution in [2.24, 2.45) is 0 Å². The van der Waals surface area contributed by atoms with Crippen LogP contribution in [0.1, 0.15) is 11.3 Å². The molecule has 1 aliphatic rings. The third kappa shape index (κ3) is 3.46. The molecule has 0 radical (unpaired) electrons. The summed E-state index contributed by atoms with van der Waals surface area (Å²) >= 11 is 5.91. The van der Waals surface area contributed by atoms with Gasteiger partial charge in [0.25, 0.3) is 0 Å². The Kier molecular flexibility index (Phi) is 4.55. The van der Waals surface area contributed by atoms with Crippen LogP contribution in [0.5, 0.6) is 0 Å². The fourth-order valence-corrected chi connectivity index (χ4v) is 3.57. The summed E-state index contributed by atoms with van der Waals surface area (Å²) in [7, 11) is 0. The van der Waals surface area contributed by atoms with E-state index in [-0.39, 0.29) is 0 Å². The Morgan fingerprint density at radius 1 is 1.00 bits per heavy atom. The maximum Gasteiger partial charge on any atom is 0.0751 e. The van der Waals surface area contributed by atoms with Gasteiger partial charge < -0.3 is 4.90 Å². The molecule has 0 unspecified atom stereocenters. The Balaban J connectivity index is 1.47. The van der Waals surface area contributed by atoms with Gasteiger partial charge in [-0.1, -0.05) is 29.8 Å². The topological polar surface area (TPSA) is 32.3 Å². The number of pyridine rings is 2. The second kappa shape index (κ2) is 6.98. The predicted molar refractivity (Wildman–Crippen MR) is 103 cm³/mol. The molecule has 1 aliphatic heterocycles. The van der Waals surface area contributed by atoms with Crippen molar-refractivity contribution in [3.05, 3.63) is 65.1 Å². The highest BCUT2D eigenvalue weighted by molar-refractivity contribution is 6.30. The number of hydrogen-bond acceptors (Lipinski definition) is 4. The monoisotopic (exact) mass is 352 g/mol. The van der Waals surface area contributed by atoms with E-state index >= 15 is 0 Å². The van der Waals surface area contributed by atoms with E-state index < -0.39 is 0 Å². The Morgan fingerprint density at radius 3 is 2.60 bits per heavy atom. The van der Waals surface area contributed by atoms with Gasteiger partial charge in [0.2, 0.25) is 0 Å². The van der Waals surface area contributed by atoms with E-state index in [0.29, 0.717) is 5.02 Å². The maximum atomic E-state index is 5.91. The average Bonchev–Trinajstić information content (AvgIpc) is 2.64. The zero-order valence-electron chi connectivity index (χ0n) is 14.3. The molecule has 2 aromatic heterocycles.